The van der Waals surface area contributed by atoms with Crippen molar-refractivity contribution >= 4 is 23.3 Å². The smallest absolute Gasteiger partial charge is 0.338 e. The van der Waals surface area contributed by atoms with Gasteiger partial charge < -0.3 is 14.3 Å². The van der Waals surface area contributed by atoms with Gasteiger partial charge in [-0.3, -0.25) is 19.5 Å². The third-order valence-corrected chi connectivity index (χ3v) is 4.94. The standard InChI is InChI=1S/C24H20N2O6/c1-14(2)32-24(30)16-5-7-17(8-6-16)26-20(15-9-11-25-12-10-15)19(22(28)23(26)29)21(27)18-4-3-13-31-18/h3-14,20,28H,1-2H3. The Kier molecular flexibility index (Phi) is 5.59. The number of aliphatic hydroxyl groups is 1. The third kappa shape index (κ3) is 3.78. The number of pyridine rings is 1. The van der Waals surface area contributed by atoms with Crippen LogP contribution in [-0.2, 0) is 9.53 Å². The number of benzene rings is 1. The van der Waals surface area contributed by atoms with E-state index in [1.54, 1.807) is 44.2 Å². The van der Waals surface area contributed by atoms with E-state index in [1.165, 1.54) is 41.8 Å². The molecule has 0 spiro atoms. The fourth-order valence-corrected chi connectivity index (χ4v) is 3.55. The van der Waals surface area contributed by atoms with Crippen molar-refractivity contribution in [3.05, 3.63) is 95.4 Å². The number of ketones is 1. The van der Waals surface area contributed by atoms with Crippen LogP contribution in [0.25, 0.3) is 0 Å². The molecule has 0 bridgehead atoms. The van der Waals surface area contributed by atoms with E-state index in [9.17, 15) is 19.5 Å². The number of Topliss-reactive ketones (excluding diaryl/α,β-unsaturated/α-hetero) is 1. The number of amides is 1. The zero-order valence-electron chi connectivity index (χ0n) is 17.4. The van der Waals surface area contributed by atoms with Crippen LogP contribution in [0, 0.1) is 0 Å². The molecule has 32 heavy (non-hydrogen) atoms. The first-order valence-corrected chi connectivity index (χ1v) is 9.94. The molecular weight excluding hydrogens is 412 g/mol. The highest BCUT2D eigenvalue weighted by atomic mass is 16.5. The van der Waals surface area contributed by atoms with Crippen LogP contribution in [-0.4, -0.2) is 33.9 Å². The number of aliphatic hydroxyl groups excluding tert-OH is 1. The molecule has 1 atom stereocenters. The number of aromatic nitrogens is 1. The minimum absolute atomic E-state index is 0.00651. The van der Waals surface area contributed by atoms with Gasteiger partial charge in [-0.15, -0.1) is 0 Å². The van der Waals surface area contributed by atoms with Crippen molar-refractivity contribution in [2.45, 2.75) is 26.0 Å². The predicted molar refractivity (Wildman–Crippen MR) is 114 cm³/mol. The SMILES string of the molecule is CC(C)OC(=O)c1ccc(N2C(=O)C(O)=C(C(=O)c3ccco3)C2c2ccncc2)cc1. The summed E-state index contributed by atoms with van der Waals surface area (Å²) in [6.07, 6.45) is 4.14. The van der Waals surface area contributed by atoms with Gasteiger partial charge >= 0.3 is 5.97 Å². The summed E-state index contributed by atoms with van der Waals surface area (Å²) in [6, 6.07) is 11.6. The summed E-state index contributed by atoms with van der Waals surface area (Å²) in [5, 5.41) is 10.7. The van der Waals surface area contributed by atoms with Crippen LogP contribution in [0.1, 0.15) is 46.4 Å². The topological polar surface area (TPSA) is 110 Å². The number of furan rings is 1. The molecule has 1 aromatic carbocycles. The molecule has 2 aromatic heterocycles. The Bertz CT molecular complexity index is 1180. The van der Waals surface area contributed by atoms with Crippen LogP contribution in [0.4, 0.5) is 5.69 Å². The number of anilines is 1. The van der Waals surface area contributed by atoms with E-state index >= 15 is 0 Å². The monoisotopic (exact) mass is 432 g/mol. The lowest BCUT2D eigenvalue weighted by atomic mass is 9.95. The van der Waals surface area contributed by atoms with E-state index in [-0.39, 0.29) is 17.4 Å². The van der Waals surface area contributed by atoms with Crippen LogP contribution in [0.15, 0.2) is 82.9 Å². The summed E-state index contributed by atoms with van der Waals surface area (Å²) in [6.45, 7) is 3.50. The molecule has 1 unspecified atom stereocenters. The molecule has 3 aromatic rings. The summed E-state index contributed by atoms with van der Waals surface area (Å²) in [5.74, 6) is -2.47. The van der Waals surface area contributed by atoms with Gasteiger partial charge in [0.15, 0.2) is 11.5 Å². The number of hydrogen-bond donors (Lipinski definition) is 1. The number of hydrogen-bond acceptors (Lipinski definition) is 7. The summed E-state index contributed by atoms with van der Waals surface area (Å²) in [4.78, 5) is 43.6. The third-order valence-electron chi connectivity index (χ3n) is 4.94. The fourth-order valence-electron chi connectivity index (χ4n) is 3.55. The van der Waals surface area contributed by atoms with Crippen molar-refractivity contribution in [2.75, 3.05) is 4.90 Å². The molecule has 4 rings (SSSR count). The molecule has 3 heterocycles. The molecule has 8 heteroatoms. The van der Waals surface area contributed by atoms with Gasteiger partial charge in [-0.05, 0) is 67.9 Å². The second-order valence-corrected chi connectivity index (χ2v) is 7.43. The Morgan fingerprint density at radius 2 is 1.78 bits per heavy atom. The van der Waals surface area contributed by atoms with Gasteiger partial charge in [0.2, 0.25) is 5.78 Å². The van der Waals surface area contributed by atoms with Crippen molar-refractivity contribution in [2.24, 2.45) is 0 Å². The van der Waals surface area contributed by atoms with Crippen molar-refractivity contribution in [3.8, 4) is 0 Å². The first-order valence-electron chi connectivity index (χ1n) is 9.94. The van der Waals surface area contributed by atoms with Crippen LogP contribution in [0.2, 0.25) is 0 Å². The molecule has 0 radical (unpaired) electrons. The van der Waals surface area contributed by atoms with Gasteiger partial charge in [-0.1, -0.05) is 0 Å². The summed E-state index contributed by atoms with van der Waals surface area (Å²) >= 11 is 0. The first-order chi connectivity index (χ1) is 15.4. The molecule has 0 fully saturated rings. The maximum Gasteiger partial charge on any atom is 0.338 e. The molecule has 162 valence electrons. The van der Waals surface area contributed by atoms with Gasteiger partial charge in [-0.25, -0.2) is 4.79 Å². The van der Waals surface area contributed by atoms with Crippen LogP contribution < -0.4 is 4.90 Å². The average Bonchev–Trinajstić information content (AvgIpc) is 3.41. The maximum atomic E-state index is 13.1. The number of ether oxygens (including phenoxy) is 1. The summed E-state index contributed by atoms with van der Waals surface area (Å²) in [7, 11) is 0. The second-order valence-electron chi connectivity index (χ2n) is 7.43. The Labute approximate surface area is 183 Å². The molecular formula is C24H20N2O6. The predicted octanol–water partition coefficient (Wildman–Crippen LogP) is 4.02. The van der Waals surface area contributed by atoms with Gasteiger partial charge in [0.05, 0.1) is 29.5 Å². The number of esters is 1. The highest BCUT2D eigenvalue weighted by molar-refractivity contribution is 6.20. The number of rotatable bonds is 6. The lowest BCUT2D eigenvalue weighted by molar-refractivity contribution is -0.117. The molecule has 8 nitrogen and oxygen atoms in total. The highest BCUT2D eigenvalue weighted by Gasteiger charge is 2.45. The lowest BCUT2D eigenvalue weighted by Gasteiger charge is -2.26. The molecule has 0 saturated carbocycles. The average molecular weight is 432 g/mol. The fraction of sp³-hybridized carbons (Fsp3) is 0.167. The van der Waals surface area contributed by atoms with Crippen molar-refractivity contribution < 1.29 is 28.6 Å². The van der Waals surface area contributed by atoms with Crippen molar-refractivity contribution in [1.29, 1.82) is 0 Å². The van der Waals surface area contributed by atoms with Gasteiger partial charge in [-0.2, -0.15) is 0 Å². The highest BCUT2D eigenvalue weighted by Crippen LogP contribution is 2.41. The Morgan fingerprint density at radius 1 is 1.09 bits per heavy atom. The number of carbonyl (C=O) groups is 3. The Hall–Kier alpha value is -4.20. The molecule has 0 aliphatic carbocycles. The zero-order valence-corrected chi connectivity index (χ0v) is 17.4. The largest absolute Gasteiger partial charge is 0.503 e. The van der Waals surface area contributed by atoms with E-state index in [1.807, 2.05) is 0 Å². The van der Waals surface area contributed by atoms with E-state index in [0.29, 0.717) is 16.8 Å². The molecule has 1 aliphatic heterocycles. The van der Waals surface area contributed by atoms with E-state index in [4.69, 9.17) is 9.15 Å². The van der Waals surface area contributed by atoms with E-state index < -0.39 is 29.5 Å². The van der Waals surface area contributed by atoms with Crippen LogP contribution in [0.3, 0.4) is 0 Å². The number of nitrogens with zero attached hydrogens (tertiary/aromatic N) is 2. The molecule has 1 amide bonds. The Balaban J connectivity index is 1.76. The van der Waals surface area contributed by atoms with Gasteiger partial charge in [0.1, 0.15) is 0 Å². The summed E-state index contributed by atoms with van der Waals surface area (Å²) < 4.78 is 10.4. The zero-order chi connectivity index (χ0) is 22.8. The van der Waals surface area contributed by atoms with Crippen molar-refractivity contribution in [3.63, 3.8) is 0 Å². The normalized spacial score (nSPS) is 16.0. The van der Waals surface area contributed by atoms with E-state index in [0.717, 1.165) is 0 Å². The Morgan fingerprint density at radius 3 is 2.38 bits per heavy atom. The first kappa shape index (κ1) is 21.0. The minimum atomic E-state index is -0.906. The summed E-state index contributed by atoms with van der Waals surface area (Å²) in [5.41, 5.74) is 1.19. The molecule has 1 aliphatic rings. The number of carbonyl (C=O) groups excluding carboxylic acids is 3. The quantitative estimate of drug-likeness (QED) is 0.463. The maximum absolute atomic E-state index is 13.1. The second kappa shape index (κ2) is 8.50. The van der Waals surface area contributed by atoms with Crippen LogP contribution in [0.5, 0.6) is 0 Å². The minimum Gasteiger partial charge on any atom is -0.503 e. The van der Waals surface area contributed by atoms with Crippen LogP contribution >= 0.6 is 0 Å². The van der Waals surface area contributed by atoms with Gasteiger partial charge in [0, 0.05) is 18.1 Å². The lowest BCUT2D eigenvalue weighted by Crippen LogP contribution is -2.31. The molecule has 1 N–H and O–H groups in total. The van der Waals surface area contributed by atoms with Gasteiger partial charge in [0.25, 0.3) is 5.91 Å². The molecule has 0 saturated heterocycles. The van der Waals surface area contributed by atoms with E-state index in [2.05, 4.69) is 4.98 Å². The van der Waals surface area contributed by atoms with Crippen molar-refractivity contribution in [1.82, 2.24) is 4.98 Å².